The molecule has 0 amide bonds. The number of aliphatic hydroxyl groups is 3. The highest BCUT2D eigenvalue weighted by molar-refractivity contribution is 5.78. The molecule has 4 aliphatic rings. The molecule has 308 valence electrons. The van der Waals surface area contributed by atoms with Gasteiger partial charge in [-0.3, -0.25) is 14.7 Å². The molecule has 0 radical (unpaired) electrons. The minimum Gasteiger partial charge on any atom is -0.459 e. The Kier molecular flexibility index (Phi) is 14.2. The fourth-order valence-electron chi connectivity index (χ4n) is 9.17. The molecule has 0 saturated carbocycles. The van der Waals surface area contributed by atoms with Gasteiger partial charge in [0.25, 0.3) is 0 Å². The molecular weight excluding hydrogens is 702 g/mol. The van der Waals surface area contributed by atoms with Crippen LogP contribution in [0.15, 0.2) is 48.7 Å². The van der Waals surface area contributed by atoms with Crippen molar-refractivity contribution in [3.63, 3.8) is 0 Å². The molecule has 12 heteroatoms. The molecule has 2 unspecified atom stereocenters. The van der Waals surface area contributed by atoms with Gasteiger partial charge >= 0.3 is 5.97 Å². The molecule has 1 aromatic heterocycles. The summed E-state index contributed by atoms with van der Waals surface area (Å²) in [4.78, 5) is 23.0. The van der Waals surface area contributed by atoms with Gasteiger partial charge in [-0.1, -0.05) is 45.5 Å². The number of carbonyl (C=O) groups excluding carboxylic acids is 1. The van der Waals surface area contributed by atoms with Gasteiger partial charge < -0.3 is 43.9 Å². The highest BCUT2D eigenvalue weighted by atomic mass is 16.7. The molecule has 3 N–H and O–H groups in total. The Morgan fingerprint density at radius 1 is 1.07 bits per heavy atom. The van der Waals surface area contributed by atoms with Crippen molar-refractivity contribution >= 4 is 16.9 Å². The van der Waals surface area contributed by atoms with E-state index in [0.717, 1.165) is 16.5 Å². The van der Waals surface area contributed by atoms with E-state index in [9.17, 15) is 20.1 Å². The third-order valence-corrected chi connectivity index (χ3v) is 12.3. The van der Waals surface area contributed by atoms with E-state index in [1.54, 1.807) is 13.8 Å². The number of aliphatic hydroxyl groups excluding tert-OH is 2. The topological polar surface area (TPSA) is 143 Å². The number of rotatable bonds is 6. The number of pyridine rings is 1. The molecule has 4 aliphatic heterocycles. The molecule has 2 bridgehead atoms. The molecule has 0 aliphatic carbocycles. The standard InChI is InChI=1S/C43H67N3O9/c1-12-35-43(9,50)39-30(7)46(22-31-18-32-15-13-14-16-33(32)44-20-31)21-25(2)19-42(8,52-24-26(3)23-51-39)38(28(5)36(47)29(6)40(49)54-35)55-41-37(48)34(45(10)11)17-27(4)53-41/h13-16,18,20,25,27-30,34-39,41,47-48,50H,3,12,17,19,21-24H2,1-2,4-11H3/t25-,27-,28+,29?,30-,34+,35-,36?,37-,38-,39+,41+,42-,43-/m1/s1. The third-order valence-electron chi connectivity index (χ3n) is 12.3. The van der Waals surface area contributed by atoms with E-state index in [1.807, 2.05) is 84.1 Å². The number of nitrogens with zero attached hydrogens (tertiary/aromatic N) is 3. The largest absolute Gasteiger partial charge is 0.459 e. The Morgan fingerprint density at radius 3 is 2.47 bits per heavy atom. The van der Waals surface area contributed by atoms with Crippen LogP contribution in [-0.2, 0) is 35.0 Å². The Morgan fingerprint density at radius 2 is 1.78 bits per heavy atom. The van der Waals surface area contributed by atoms with E-state index in [0.29, 0.717) is 37.9 Å². The number of esters is 1. The number of carbonyl (C=O) groups is 1. The Hall–Kier alpha value is -2.52. The number of aromatic nitrogens is 1. The summed E-state index contributed by atoms with van der Waals surface area (Å²) in [7, 11) is 3.84. The highest BCUT2D eigenvalue weighted by Crippen LogP contribution is 2.40. The van der Waals surface area contributed by atoms with Gasteiger partial charge in [-0.05, 0) is 97.2 Å². The lowest BCUT2D eigenvalue weighted by Gasteiger charge is -2.49. The molecule has 6 rings (SSSR count). The maximum Gasteiger partial charge on any atom is 0.311 e. The monoisotopic (exact) mass is 769 g/mol. The fourth-order valence-corrected chi connectivity index (χ4v) is 9.17. The zero-order chi connectivity index (χ0) is 40.4. The molecular formula is C43H67N3O9. The number of benzene rings is 1. The lowest BCUT2D eigenvalue weighted by atomic mass is 9.77. The summed E-state index contributed by atoms with van der Waals surface area (Å²) in [5.74, 6) is -2.35. The SMILES string of the molecule is C=C1CO[C@H]2[C@@H](C)N(Cc3cnc4ccccc4c3)C[C@H](C)C[C@@](C)(OC1)[C@H](O[C@@H]1O[C@H](C)C[C@H](N(C)C)[C@H]1O)[C@@H](C)C(O)C(C)C(=O)O[C@H](CC)[C@@]2(C)O. The van der Waals surface area contributed by atoms with Crippen LogP contribution >= 0.6 is 0 Å². The van der Waals surface area contributed by atoms with Gasteiger partial charge in [-0.2, -0.15) is 0 Å². The highest BCUT2D eigenvalue weighted by Gasteiger charge is 2.52. The quantitative estimate of drug-likeness (QED) is 0.277. The number of ether oxygens (including phenoxy) is 5. The molecule has 4 fully saturated rings. The van der Waals surface area contributed by atoms with Gasteiger partial charge in [0.15, 0.2) is 6.29 Å². The van der Waals surface area contributed by atoms with Crippen molar-refractivity contribution in [3.8, 4) is 0 Å². The van der Waals surface area contributed by atoms with E-state index < -0.39 is 65.8 Å². The van der Waals surface area contributed by atoms with Crippen molar-refractivity contribution in [3.05, 3.63) is 54.2 Å². The van der Waals surface area contributed by atoms with Crippen molar-refractivity contribution in [2.75, 3.05) is 33.9 Å². The van der Waals surface area contributed by atoms with E-state index in [1.165, 1.54) is 0 Å². The zero-order valence-corrected chi connectivity index (χ0v) is 34.7. The van der Waals surface area contributed by atoms with Crippen LogP contribution in [0.2, 0.25) is 0 Å². The van der Waals surface area contributed by atoms with Crippen molar-refractivity contribution in [1.29, 1.82) is 0 Å². The van der Waals surface area contributed by atoms with E-state index >= 15 is 0 Å². The van der Waals surface area contributed by atoms with Crippen LogP contribution in [-0.4, -0.2) is 136 Å². The minimum atomic E-state index is -1.64. The summed E-state index contributed by atoms with van der Waals surface area (Å²) < 4.78 is 32.8. The normalized spacial score (nSPS) is 40.5. The van der Waals surface area contributed by atoms with Crippen molar-refractivity contribution in [2.24, 2.45) is 17.8 Å². The first-order valence-electron chi connectivity index (χ1n) is 20.1. The van der Waals surface area contributed by atoms with Gasteiger partial charge in [0, 0.05) is 42.7 Å². The number of fused-ring (bicyclic) bond motifs is 16. The van der Waals surface area contributed by atoms with Crippen LogP contribution in [0, 0.1) is 17.8 Å². The smallest absolute Gasteiger partial charge is 0.311 e. The van der Waals surface area contributed by atoms with Crippen molar-refractivity contribution < 1.29 is 43.8 Å². The summed E-state index contributed by atoms with van der Waals surface area (Å²) in [5, 5.41) is 37.2. The minimum absolute atomic E-state index is 0.0253. The van der Waals surface area contributed by atoms with Crippen LogP contribution in [0.4, 0.5) is 0 Å². The predicted molar refractivity (Wildman–Crippen MR) is 211 cm³/mol. The summed E-state index contributed by atoms with van der Waals surface area (Å²) in [5.41, 5.74) is -0.149. The molecule has 5 heterocycles. The maximum atomic E-state index is 14.0. The Labute approximate surface area is 328 Å². The van der Waals surface area contributed by atoms with E-state index in [4.69, 9.17) is 28.7 Å². The Bertz CT molecular complexity index is 1610. The second-order valence-electron chi connectivity index (χ2n) is 17.4. The second-order valence-corrected chi connectivity index (χ2v) is 17.4. The summed E-state index contributed by atoms with van der Waals surface area (Å²) in [6, 6.07) is 9.56. The van der Waals surface area contributed by atoms with Crippen LogP contribution in [0.1, 0.15) is 80.2 Å². The molecule has 12 nitrogen and oxygen atoms in total. The average Bonchev–Trinajstić information content (AvgIpc) is 3.13. The Balaban J connectivity index is 1.64. The van der Waals surface area contributed by atoms with Gasteiger partial charge in [0.2, 0.25) is 0 Å². The first kappa shape index (κ1) is 43.6. The molecule has 14 atom stereocenters. The molecule has 2 aromatic rings. The molecule has 55 heavy (non-hydrogen) atoms. The maximum absolute atomic E-state index is 14.0. The number of likely N-dealkylation sites (N-methyl/N-ethyl adjacent to an activating group) is 1. The molecule has 0 spiro atoms. The fraction of sp³-hybridized carbons (Fsp3) is 0.721. The lowest BCUT2D eigenvalue weighted by Crippen LogP contribution is -2.61. The average molecular weight is 770 g/mol. The van der Waals surface area contributed by atoms with Crippen molar-refractivity contribution in [1.82, 2.24) is 14.8 Å². The van der Waals surface area contributed by atoms with E-state index in [2.05, 4.69) is 24.5 Å². The van der Waals surface area contributed by atoms with Gasteiger partial charge in [-0.15, -0.1) is 0 Å². The summed E-state index contributed by atoms with van der Waals surface area (Å²) in [6.45, 7) is 20.7. The molecule has 4 saturated heterocycles. The first-order chi connectivity index (χ1) is 25.9. The number of para-hydroxylation sites is 1. The van der Waals surface area contributed by atoms with Crippen LogP contribution in [0.25, 0.3) is 10.9 Å². The number of hydrogen-bond donors (Lipinski definition) is 3. The van der Waals surface area contributed by atoms with Crippen LogP contribution in [0.5, 0.6) is 0 Å². The van der Waals surface area contributed by atoms with Gasteiger partial charge in [0.05, 0.1) is 48.6 Å². The third kappa shape index (κ3) is 9.79. The zero-order valence-electron chi connectivity index (χ0n) is 34.7. The van der Waals surface area contributed by atoms with Crippen LogP contribution < -0.4 is 0 Å². The predicted octanol–water partition coefficient (Wildman–Crippen LogP) is 4.71. The van der Waals surface area contributed by atoms with Crippen molar-refractivity contribution in [2.45, 2.75) is 147 Å². The first-order valence-corrected chi connectivity index (χ1v) is 20.1. The molecule has 1 aromatic carbocycles. The van der Waals surface area contributed by atoms with Gasteiger partial charge in [0.1, 0.15) is 23.9 Å². The number of hydrogen-bond acceptors (Lipinski definition) is 12. The summed E-state index contributed by atoms with van der Waals surface area (Å²) in [6.07, 6.45) is -2.77. The summed E-state index contributed by atoms with van der Waals surface area (Å²) >= 11 is 0. The lowest BCUT2D eigenvalue weighted by molar-refractivity contribution is -0.303. The second kappa shape index (κ2) is 18.0. The van der Waals surface area contributed by atoms with E-state index in [-0.39, 0.29) is 37.3 Å². The van der Waals surface area contributed by atoms with Gasteiger partial charge in [-0.25, -0.2) is 0 Å². The van der Waals surface area contributed by atoms with Crippen LogP contribution in [0.3, 0.4) is 0 Å².